The van der Waals surface area contributed by atoms with E-state index >= 15 is 0 Å². The molecule has 4 N–H and O–H groups in total. The Morgan fingerprint density at radius 1 is 1.08 bits per heavy atom. The van der Waals surface area contributed by atoms with E-state index in [1.165, 1.54) is 5.69 Å². The van der Waals surface area contributed by atoms with Crippen LogP contribution in [0.4, 0.5) is 5.69 Å². The SMILES string of the molecule is CC[C@H]1OC(O)[C@H](NC(=O)/C(C#N)=C(\C)c2ccc3cc(N4CCN(C)CC4)ccc3c2)[C@@H](O)[C@@H]1O. The summed E-state index contributed by atoms with van der Waals surface area (Å²) in [5.74, 6) is -0.755. The van der Waals surface area contributed by atoms with Crippen LogP contribution < -0.4 is 10.2 Å². The van der Waals surface area contributed by atoms with Gasteiger partial charge >= 0.3 is 0 Å². The molecule has 0 aliphatic carbocycles. The summed E-state index contributed by atoms with van der Waals surface area (Å²) in [5, 5.41) is 45.1. The summed E-state index contributed by atoms with van der Waals surface area (Å²) in [6.45, 7) is 7.45. The lowest BCUT2D eigenvalue weighted by Crippen LogP contribution is -2.63. The summed E-state index contributed by atoms with van der Waals surface area (Å²) < 4.78 is 5.32. The summed E-state index contributed by atoms with van der Waals surface area (Å²) in [5.41, 5.74) is 2.21. The fraction of sp³-hybridized carbons (Fsp3) is 0.481. The first-order valence-corrected chi connectivity index (χ1v) is 12.3. The maximum absolute atomic E-state index is 13.0. The summed E-state index contributed by atoms with van der Waals surface area (Å²) in [6, 6.07) is 12.8. The first kappa shape index (κ1) is 26.1. The van der Waals surface area contributed by atoms with Crippen molar-refractivity contribution < 1.29 is 24.9 Å². The zero-order valence-electron chi connectivity index (χ0n) is 20.9. The number of hydrogen-bond donors (Lipinski definition) is 4. The van der Waals surface area contributed by atoms with Gasteiger partial charge in [0.25, 0.3) is 5.91 Å². The van der Waals surface area contributed by atoms with Crippen LogP contribution in [0.1, 0.15) is 25.8 Å². The van der Waals surface area contributed by atoms with E-state index in [0.717, 1.165) is 37.0 Å². The lowest BCUT2D eigenvalue weighted by Gasteiger charge is -2.40. The van der Waals surface area contributed by atoms with Crippen LogP contribution in [0.25, 0.3) is 16.3 Å². The topological polar surface area (TPSA) is 129 Å². The molecule has 1 amide bonds. The summed E-state index contributed by atoms with van der Waals surface area (Å²) >= 11 is 0. The number of nitrogens with one attached hydrogen (secondary N) is 1. The number of aliphatic hydroxyl groups is 3. The maximum atomic E-state index is 13.0. The average molecular weight is 495 g/mol. The van der Waals surface area contributed by atoms with Gasteiger partial charge in [0.15, 0.2) is 6.29 Å². The van der Waals surface area contributed by atoms with E-state index in [2.05, 4.69) is 34.3 Å². The molecule has 9 heteroatoms. The first-order valence-electron chi connectivity index (χ1n) is 12.3. The highest BCUT2D eigenvalue weighted by Gasteiger charge is 2.44. The molecular formula is C27H34N4O5. The summed E-state index contributed by atoms with van der Waals surface area (Å²) in [6.07, 6.45) is -4.57. The highest BCUT2D eigenvalue weighted by atomic mass is 16.6. The molecular weight excluding hydrogens is 460 g/mol. The van der Waals surface area contributed by atoms with Crippen LogP contribution in [0.15, 0.2) is 42.0 Å². The number of rotatable bonds is 5. The molecule has 1 unspecified atom stereocenters. The highest BCUT2D eigenvalue weighted by molar-refractivity contribution is 6.05. The number of allylic oxidation sites excluding steroid dienone is 1. The zero-order valence-corrected chi connectivity index (χ0v) is 20.9. The van der Waals surface area contributed by atoms with Crippen molar-refractivity contribution in [3.63, 3.8) is 0 Å². The lowest BCUT2D eigenvalue weighted by atomic mass is 9.94. The molecule has 5 atom stereocenters. The van der Waals surface area contributed by atoms with Crippen LogP contribution in [-0.2, 0) is 9.53 Å². The second-order valence-electron chi connectivity index (χ2n) is 9.60. The van der Waals surface area contributed by atoms with Crippen LogP contribution >= 0.6 is 0 Å². The minimum absolute atomic E-state index is 0.144. The number of piperazine rings is 1. The predicted molar refractivity (Wildman–Crippen MR) is 137 cm³/mol. The van der Waals surface area contributed by atoms with E-state index < -0.39 is 36.6 Å². The van der Waals surface area contributed by atoms with E-state index in [9.17, 15) is 25.4 Å². The average Bonchev–Trinajstić information content (AvgIpc) is 2.88. The van der Waals surface area contributed by atoms with Gasteiger partial charge in [0.05, 0.1) is 6.10 Å². The normalized spacial score (nSPS) is 27.9. The van der Waals surface area contributed by atoms with E-state index in [4.69, 9.17) is 4.74 Å². The van der Waals surface area contributed by atoms with Crippen LogP contribution in [0, 0.1) is 11.3 Å². The number of nitriles is 1. The fourth-order valence-electron chi connectivity index (χ4n) is 4.84. The molecule has 2 aromatic rings. The van der Waals surface area contributed by atoms with Crippen LogP contribution in [0.2, 0.25) is 0 Å². The van der Waals surface area contributed by atoms with Gasteiger partial charge in [0.1, 0.15) is 29.9 Å². The minimum Gasteiger partial charge on any atom is -0.388 e. The van der Waals surface area contributed by atoms with Crippen molar-refractivity contribution >= 4 is 27.9 Å². The molecule has 2 aromatic carbocycles. The Hall–Kier alpha value is -3.00. The number of ether oxygens (including phenoxy) is 1. The number of amides is 1. The van der Waals surface area contributed by atoms with Gasteiger partial charge in [0.2, 0.25) is 0 Å². The van der Waals surface area contributed by atoms with Gasteiger partial charge in [-0.3, -0.25) is 4.79 Å². The number of hydrogen-bond acceptors (Lipinski definition) is 8. The molecule has 0 spiro atoms. The minimum atomic E-state index is -1.51. The van der Waals surface area contributed by atoms with Gasteiger partial charge in [-0.15, -0.1) is 0 Å². The number of anilines is 1. The van der Waals surface area contributed by atoms with Crippen LogP contribution in [-0.4, -0.2) is 90.0 Å². The van der Waals surface area contributed by atoms with E-state index in [1.54, 1.807) is 13.8 Å². The number of benzene rings is 2. The molecule has 36 heavy (non-hydrogen) atoms. The van der Waals surface area contributed by atoms with Crippen molar-refractivity contribution in [2.75, 3.05) is 38.1 Å². The number of aliphatic hydroxyl groups excluding tert-OH is 3. The van der Waals surface area contributed by atoms with Gasteiger partial charge in [-0.2, -0.15) is 5.26 Å². The van der Waals surface area contributed by atoms with E-state index in [-0.39, 0.29) is 5.57 Å². The molecule has 2 fully saturated rings. The summed E-state index contributed by atoms with van der Waals surface area (Å²) in [7, 11) is 2.13. The predicted octanol–water partition coefficient (Wildman–Crippen LogP) is 1.22. The third-order valence-corrected chi connectivity index (χ3v) is 7.26. The second kappa shape index (κ2) is 10.9. The zero-order chi connectivity index (χ0) is 26.0. The molecule has 4 rings (SSSR count). The van der Waals surface area contributed by atoms with Crippen molar-refractivity contribution in [3.05, 3.63) is 47.5 Å². The molecule has 2 aliphatic rings. The third-order valence-electron chi connectivity index (χ3n) is 7.26. The van der Waals surface area contributed by atoms with Gasteiger partial charge in [0, 0.05) is 31.9 Å². The van der Waals surface area contributed by atoms with Gasteiger partial charge in [-0.1, -0.05) is 25.1 Å². The van der Waals surface area contributed by atoms with Gasteiger partial charge in [-0.05, 0) is 60.5 Å². The Balaban J connectivity index is 1.54. The van der Waals surface area contributed by atoms with Gasteiger partial charge in [-0.25, -0.2) is 0 Å². The molecule has 9 nitrogen and oxygen atoms in total. The quantitative estimate of drug-likeness (QED) is 0.361. The molecule has 2 heterocycles. The molecule has 0 bridgehead atoms. The van der Waals surface area contributed by atoms with E-state index in [0.29, 0.717) is 17.6 Å². The van der Waals surface area contributed by atoms with E-state index in [1.807, 2.05) is 30.3 Å². The Kier molecular flexibility index (Phi) is 7.93. The highest BCUT2D eigenvalue weighted by Crippen LogP contribution is 2.28. The Labute approximate surface area is 211 Å². The van der Waals surface area contributed by atoms with Crippen molar-refractivity contribution in [1.29, 1.82) is 5.26 Å². The van der Waals surface area contributed by atoms with Gasteiger partial charge < -0.3 is 35.2 Å². The fourth-order valence-corrected chi connectivity index (χ4v) is 4.84. The Morgan fingerprint density at radius 2 is 1.75 bits per heavy atom. The third kappa shape index (κ3) is 5.24. The van der Waals surface area contributed by atoms with Crippen molar-refractivity contribution in [2.24, 2.45) is 0 Å². The van der Waals surface area contributed by atoms with Crippen molar-refractivity contribution in [1.82, 2.24) is 10.2 Å². The number of nitrogens with zero attached hydrogens (tertiary/aromatic N) is 3. The molecule has 192 valence electrons. The number of carbonyl (C=O) groups is 1. The molecule has 0 aromatic heterocycles. The summed E-state index contributed by atoms with van der Waals surface area (Å²) in [4.78, 5) is 17.6. The van der Waals surface area contributed by atoms with Crippen LogP contribution in [0.5, 0.6) is 0 Å². The monoisotopic (exact) mass is 494 g/mol. The number of carbonyl (C=O) groups excluding carboxylic acids is 1. The smallest absolute Gasteiger partial charge is 0.262 e. The number of likely N-dealkylation sites (N-methyl/N-ethyl adjacent to an activating group) is 1. The molecule has 0 saturated carbocycles. The Morgan fingerprint density at radius 3 is 2.42 bits per heavy atom. The second-order valence-corrected chi connectivity index (χ2v) is 9.60. The molecule has 2 saturated heterocycles. The number of fused-ring (bicyclic) bond motifs is 1. The standard InChI is InChI=1S/C27H34N4O5/c1-4-22-24(32)25(33)23(27(35)36-22)29-26(34)21(15-28)16(2)17-5-6-19-14-20(8-7-18(19)13-17)31-11-9-30(3)10-12-31/h5-8,13-14,22-25,27,32-33,35H,4,9-12H2,1-3H3,(H,29,34)/b21-16+/t22-,23-,24-,25-,27?/m1/s1. The maximum Gasteiger partial charge on any atom is 0.262 e. The largest absolute Gasteiger partial charge is 0.388 e. The molecule has 2 aliphatic heterocycles. The van der Waals surface area contributed by atoms with Crippen molar-refractivity contribution in [3.8, 4) is 6.07 Å². The van der Waals surface area contributed by atoms with Crippen LogP contribution in [0.3, 0.4) is 0 Å². The molecule has 0 radical (unpaired) electrons. The van der Waals surface area contributed by atoms with Crippen molar-refractivity contribution in [2.45, 2.75) is 50.9 Å². The first-order chi connectivity index (χ1) is 17.2. The lowest BCUT2D eigenvalue weighted by molar-refractivity contribution is -0.247. The Bertz CT molecular complexity index is 1180.